The number of thiol groups is 1. The summed E-state index contributed by atoms with van der Waals surface area (Å²) in [5.41, 5.74) is 0. The van der Waals surface area contributed by atoms with Crippen molar-refractivity contribution in [2.45, 2.75) is 18.6 Å². The Balaban J connectivity index is 2.62. The SMILES string of the molecule is CNCCn1nc(S)nc1C. The molecule has 0 fully saturated rings. The predicted molar refractivity (Wildman–Crippen MR) is 45.9 cm³/mol. The van der Waals surface area contributed by atoms with E-state index in [4.69, 9.17) is 0 Å². The molecule has 0 amide bonds. The maximum Gasteiger partial charge on any atom is 0.205 e. The fourth-order valence-electron chi connectivity index (χ4n) is 0.835. The second-order valence-electron chi connectivity index (χ2n) is 2.29. The van der Waals surface area contributed by atoms with Crippen molar-refractivity contribution in [2.75, 3.05) is 13.6 Å². The Morgan fingerprint density at radius 1 is 1.64 bits per heavy atom. The summed E-state index contributed by atoms with van der Waals surface area (Å²) in [5, 5.41) is 7.66. The van der Waals surface area contributed by atoms with Gasteiger partial charge in [0.1, 0.15) is 5.82 Å². The van der Waals surface area contributed by atoms with Crippen LogP contribution in [0.25, 0.3) is 0 Å². The molecule has 1 aromatic rings. The maximum absolute atomic E-state index is 4.08. The fourth-order valence-corrected chi connectivity index (χ4v) is 1.09. The van der Waals surface area contributed by atoms with Crippen LogP contribution in [-0.2, 0) is 6.54 Å². The van der Waals surface area contributed by atoms with Crippen molar-refractivity contribution in [2.24, 2.45) is 0 Å². The van der Waals surface area contributed by atoms with E-state index in [1.165, 1.54) is 0 Å². The van der Waals surface area contributed by atoms with Crippen LogP contribution >= 0.6 is 12.6 Å². The molecule has 5 heteroatoms. The van der Waals surface area contributed by atoms with Gasteiger partial charge in [-0.15, -0.1) is 17.7 Å². The van der Waals surface area contributed by atoms with Crippen molar-refractivity contribution in [3.63, 3.8) is 0 Å². The molecular weight excluding hydrogens is 160 g/mol. The molecule has 1 aromatic heterocycles. The first kappa shape index (κ1) is 8.55. The van der Waals surface area contributed by atoms with Gasteiger partial charge in [-0.25, -0.2) is 9.67 Å². The molecular formula is C6H12N4S. The van der Waals surface area contributed by atoms with Crippen LogP contribution in [0.1, 0.15) is 5.82 Å². The number of rotatable bonds is 3. The van der Waals surface area contributed by atoms with Crippen LogP contribution in [0.3, 0.4) is 0 Å². The van der Waals surface area contributed by atoms with E-state index in [2.05, 4.69) is 28.0 Å². The third-order valence-electron chi connectivity index (χ3n) is 1.42. The molecule has 0 spiro atoms. The van der Waals surface area contributed by atoms with Gasteiger partial charge in [0.25, 0.3) is 0 Å². The molecule has 0 aliphatic heterocycles. The first-order chi connectivity index (χ1) is 5.24. The van der Waals surface area contributed by atoms with Crippen LogP contribution in [0, 0.1) is 6.92 Å². The number of aryl methyl sites for hydroxylation is 1. The zero-order valence-electron chi connectivity index (χ0n) is 6.70. The Hall–Kier alpha value is -0.550. The monoisotopic (exact) mass is 172 g/mol. The highest BCUT2D eigenvalue weighted by Crippen LogP contribution is 1.99. The Kier molecular flexibility index (Phi) is 2.90. The van der Waals surface area contributed by atoms with E-state index in [0.717, 1.165) is 18.9 Å². The Morgan fingerprint density at radius 2 is 2.36 bits per heavy atom. The highest BCUT2D eigenvalue weighted by Gasteiger charge is 2.00. The molecule has 4 nitrogen and oxygen atoms in total. The number of hydrogen-bond acceptors (Lipinski definition) is 4. The molecule has 62 valence electrons. The average Bonchev–Trinajstić information content (AvgIpc) is 2.26. The summed E-state index contributed by atoms with van der Waals surface area (Å²) in [6.45, 7) is 3.66. The van der Waals surface area contributed by atoms with Crippen LogP contribution in [-0.4, -0.2) is 28.4 Å². The normalized spacial score (nSPS) is 10.5. The van der Waals surface area contributed by atoms with E-state index in [1.54, 1.807) is 0 Å². The zero-order chi connectivity index (χ0) is 8.27. The summed E-state index contributed by atoms with van der Waals surface area (Å²) < 4.78 is 1.83. The summed E-state index contributed by atoms with van der Waals surface area (Å²) in [4.78, 5) is 4.05. The smallest absolute Gasteiger partial charge is 0.205 e. The van der Waals surface area contributed by atoms with Gasteiger partial charge in [-0.3, -0.25) is 0 Å². The molecule has 0 aliphatic carbocycles. The summed E-state index contributed by atoms with van der Waals surface area (Å²) >= 11 is 4.03. The number of nitrogens with one attached hydrogen (secondary N) is 1. The molecule has 0 bridgehead atoms. The highest BCUT2D eigenvalue weighted by atomic mass is 32.1. The third-order valence-corrected chi connectivity index (χ3v) is 1.61. The number of nitrogens with zero attached hydrogens (tertiary/aromatic N) is 3. The van der Waals surface area contributed by atoms with E-state index < -0.39 is 0 Å². The topological polar surface area (TPSA) is 42.7 Å². The van der Waals surface area contributed by atoms with Gasteiger partial charge in [0.2, 0.25) is 5.16 Å². The van der Waals surface area contributed by atoms with Crippen molar-refractivity contribution < 1.29 is 0 Å². The molecule has 1 N–H and O–H groups in total. The van der Waals surface area contributed by atoms with Gasteiger partial charge in [-0.05, 0) is 14.0 Å². The Labute approximate surface area is 71.4 Å². The van der Waals surface area contributed by atoms with Crippen LogP contribution in [0.4, 0.5) is 0 Å². The van der Waals surface area contributed by atoms with Gasteiger partial charge in [0.05, 0.1) is 6.54 Å². The lowest BCUT2D eigenvalue weighted by molar-refractivity contribution is 0.561. The Bertz CT molecular complexity index is 232. The third kappa shape index (κ3) is 2.20. The van der Waals surface area contributed by atoms with Crippen LogP contribution in [0.15, 0.2) is 5.16 Å². The molecule has 0 atom stereocenters. The molecule has 0 aliphatic rings. The second-order valence-corrected chi connectivity index (χ2v) is 2.69. The van der Waals surface area contributed by atoms with E-state index in [9.17, 15) is 0 Å². The zero-order valence-corrected chi connectivity index (χ0v) is 7.60. The average molecular weight is 172 g/mol. The van der Waals surface area contributed by atoms with Crippen molar-refractivity contribution in [3.05, 3.63) is 5.82 Å². The minimum Gasteiger partial charge on any atom is -0.318 e. The van der Waals surface area contributed by atoms with E-state index in [1.807, 2.05) is 18.7 Å². The summed E-state index contributed by atoms with van der Waals surface area (Å²) in [6, 6.07) is 0. The van der Waals surface area contributed by atoms with Gasteiger partial charge in [0.15, 0.2) is 0 Å². The number of aromatic nitrogens is 3. The molecule has 0 aromatic carbocycles. The van der Waals surface area contributed by atoms with Gasteiger partial charge in [-0.1, -0.05) is 0 Å². The molecule has 0 saturated carbocycles. The minimum absolute atomic E-state index is 0.540. The van der Waals surface area contributed by atoms with E-state index >= 15 is 0 Å². The fraction of sp³-hybridized carbons (Fsp3) is 0.667. The van der Waals surface area contributed by atoms with Gasteiger partial charge in [-0.2, -0.15) is 0 Å². The van der Waals surface area contributed by atoms with Crippen LogP contribution < -0.4 is 5.32 Å². The molecule has 1 heterocycles. The Morgan fingerprint density at radius 3 is 2.82 bits per heavy atom. The van der Waals surface area contributed by atoms with Crippen molar-refractivity contribution in [3.8, 4) is 0 Å². The van der Waals surface area contributed by atoms with Crippen molar-refractivity contribution in [1.29, 1.82) is 0 Å². The number of likely N-dealkylation sites (N-methyl/N-ethyl adjacent to an activating group) is 1. The van der Waals surface area contributed by atoms with Crippen LogP contribution in [0.2, 0.25) is 0 Å². The summed E-state index contributed by atoms with van der Waals surface area (Å²) in [7, 11) is 1.91. The minimum atomic E-state index is 0.540. The molecule has 1 rings (SSSR count). The van der Waals surface area contributed by atoms with Crippen molar-refractivity contribution >= 4 is 12.6 Å². The van der Waals surface area contributed by atoms with E-state index in [0.29, 0.717) is 5.16 Å². The number of hydrogen-bond donors (Lipinski definition) is 2. The van der Waals surface area contributed by atoms with Gasteiger partial charge >= 0.3 is 0 Å². The summed E-state index contributed by atoms with van der Waals surface area (Å²) in [6.07, 6.45) is 0. The first-order valence-electron chi connectivity index (χ1n) is 3.49. The largest absolute Gasteiger partial charge is 0.318 e. The highest BCUT2D eigenvalue weighted by molar-refractivity contribution is 7.80. The quantitative estimate of drug-likeness (QED) is 0.635. The van der Waals surface area contributed by atoms with E-state index in [-0.39, 0.29) is 0 Å². The van der Waals surface area contributed by atoms with Crippen molar-refractivity contribution in [1.82, 2.24) is 20.1 Å². The van der Waals surface area contributed by atoms with Gasteiger partial charge in [0, 0.05) is 6.54 Å². The standard InChI is InChI=1S/C6H12N4S/c1-5-8-6(11)9-10(5)4-3-7-2/h7H,3-4H2,1-2H3,(H,9,11). The van der Waals surface area contributed by atoms with Crippen LogP contribution in [0.5, 0.6) is 0 Å². The molecule has 0 unspecified atom stereocenters. The molecule has 11 heavy (non-hydrogen) atoms. The predicted octanol–water partition coefficient (Wildman–Crippen LogP) is 0.0946. The lowest BCUT2D eigenvalue weighted by Gasteiger charge is -2.00. The molecule has 0 radical (unpaired) electrons. The maximum atomic E-state index is 4.08. The lowest BCUT2D eigenvalue weighted by atomic mass is 10.6. The first-order valence-corrected chi connectivity index (χ1v) is 3.94. The molecule has 0 saturated heterocycles. The van der Waals surface area contributed by atoms with Gasteiger partial charge < -0.3 is 5.32 Å². The summed E-state index contributed by atoms with van der Waals surface area (Å²) in [5.74, 6) is 0.908. The second kappa shape index (κ2) is 3.73. The lowest BCUT2D eigenvalue weighted by Crippen LogP contribution is -2.16.